The van der Waals surface area contributed by atoms with Gasteiger partial charge in [0.15, 0.2) is 0 Å². The lowest BCUT2D eigenvalue weighted by Gasteiger charge is -2.20. The summed E-state index contributed by atoms with van der Waals surface area (Å²) in [5.74, 6) is 0.00561. The third kappa shape index (κ3) is 4.79. The van der Waals surface area contributed by atoms with E-state index in [9.17, 15) is 13.2 Å². The van der Waals surface area contributed by atoms with Gasteiger partial charge in [-0.15, -0.1) is 0 Å². The van der Waals surface area contributed by atoms with Crippen LogP contribution in [0, 0.1) is 0 Å². The van der Waals surface area contributed by atoms with Crippen LogP contribution in [0.3, 0.4) is 0 Å². The highest BCUT2D eigenvalue weighted by molar-refractivity contribution is 7.89. The Hall–Kier alpha value is -1.44. The Labute approximate surface area is 132 Å². The number of hydrogen-bond donors (Lipinski definition) is 1. The number of nitrogens with zero attached hydrogens (tertiary/aromatic N) is 2. The molecule has 1 aromatic rings. The molecule has 1 aliphatic heterocycles. The van der Waals surface area contributed by atoms with E-state index in [0.717, 1.165) is 26.1 Å². The van der Waals surface area contributed by atoms with Crippen molar-refractivity contribution in [2.45, 2.75) is 17.7 Å². The molecule has 6 nitrogen and oxygen atoms in total. The minimum Gasteiger partial charge on any atom is -0.341 e. The van der Waals surface area contributed by atoms with Crippen LogP contribution in [0.15, 0.2) is 35.2 Å². The highest BCUT2D eigenvalue weighted by atomic mass is 32.2. The van der Waals surface area contributed by atoms with Gasteiger partial charge in [0.05, 0.1) is 4.90 Å². The summed E-state index contributed by atoms with van der Waals surface area (Å²) in [6, 6.07) is 8.18. The van der Waals surface area contributed by atoms with Crippen molar-refractivity contribution in [1.82, 2.24) is 14.5 Å². The predicted octanol–water partition coefficient (Wildman–Crippen LogP) is 0.519. The van der Waals surface area contributed by atoms with Crippen LogP contribution in [0.1, 0.15) is 12.8 Å². The maximum atomic E-state index is 12.2. The molecule has 1 saturated heterocycles. The summed E-state index contributed by atoms with van der Waals surface area (Å²) in [6.07, 6.45) is 1.15. The van der Waals surface area contributed by atoms with E-state index in [4.69, 9.17) is 0 Å². The van der Waals surface area contributed by atoms with Crippen LogP contribution in [0.4, 0.5) is 0 Å². The van der Waals surface area contributed by atoms with Crippen molar-refractivity contribution in [3.05, 3.63) is 30.3 Å². The first-order valence-electron chi connectivity index (χ1n) is 7.50. The van der Waals surface area contributed by atoms with E-state index in [0.29, 0.717) is 6.54 Å². The van der Waals surface area contributed by atoms with Gasteiger partial charge in [-0.05, 0) is 32.1 Å². The standard InChI is InChI=1S/C15H23N3O3S/c1-17-10-5-11-18(13-12-17)15(19)8-9-16-22(20,21)14-6-3-2-4-7-14/h2-4,6-7,16H,5,8-13H2,1H3. The summed E-state index contributed by atoms with van der Waals surface area (Å²) < 4.78 is 26.6. The lowest BCUT2D eigenvalue weighted by Crippen LogP contribution is -2.36. The molecular formula is C15H23N3O3S. The fourth-order valence-electron chi connectivity index (χ4n) is 2.43. The molecule has 2 rings (SSSR count). The van der Waals surface area contributed by atoms with Gasteiger partial charge in [0, 0.05) is 32.6 Å². The Morgan fingerprint density at radius 1 is 1.14 bits per heavy atom. The Kier molecular flexibility index (Phi) is 5.93. The van der Waals surface area contributed by atoms with Crippen LogP contribution >= 0.6 is 0 Å². The maximum absolute atomic E-state index is 12.2. The molecule has 1 aliphatic rings. The van der Waals surface area contributed by atoms with Gasteiger partial charge in [-0.3, -0.25) is 4.79 Å². The van der Waals surface area contributed by atoms with Gasteiger partial charge in [0.2, 0.25) is 15.9 Å². The molecule has 1 aromatic carbocycles. The van der Waals surface area contributed by atoms with E-state index >= 15 is 0 Å². The fraction of sp³-hybridized carbons (Fsp3) is 0.533. The average Bonchev–Trinajstić information content (AvgIpc) is 2.72. The maximum Gasteiger partial charge on any atom is 0.240 e. The summed E-state index contributed by atoms with van der Waals surface area (Å²) in [7, 11) is -1.49. The lowest BCUT2D eigenvalue weighted by atomic mass is 10.3. The van der Waals surface area contributed by atoms with E-state index in [-0.39, 0.29) is 23.8 Å². The van der Waals surface area contributed by atoms with Crippen LogP contribution in [0.2, 0.25) is 0 Å². The van der Waals surface area contributed by atoms with Crippen molar-refractivity contribution in [2.75, 3.05) is 39.8 Å². The topological polar surface area (TPSA) is 69.7 Å². The van der Waals surface area contributed by atoms with Gasteiger partial charge in [-0.25, -0.2) is 13.1 Å². The van der Waals surface area contributed by atoms with Gasteiger partial charge >= 0.3 is 0 Å². The number of amides is 1. The molecule has 0 bridgehead atoms. The molecule has 122 valence electrons. The second-order valence-corrected chi connectivity index (χ2v) is 7.27. The zero-order valence-corrected chi connectivity index (χ0v) is 13.7. The Morgan fingerprint density at radius 2 is 1.86 bits per heavy atom. The predicted molar refractivity (Wildman–Crippen MR) is 84.9 cm³/mol. The number of likely N-dealkylation sites (N-methyl/N-ethyl adjacent to an activating group) is 1. The minimum absolute atomic E-state index is 0.00561. The number of carbonyl (C=O) groups excluding carboxylic acids is 1. The molecule has 0 unspecified atom stereocenters. The van der Waals surface area contributed by atoms with Crippen molar-refractivity contribution in [1.29, 1.82) is 0 Å². The first-order valence-corrected chi connectivity index (χ1v) is 8.98. The zero-order valence-electron chi connectivity index (χ0n) is 12.9. The normalized spacial score (nSPS) is 17.2. The van der Waals surface area contributed by atoms with Gasteiger partial charge < -0.3 is 9.80 Å². The molecule has 0 aromatic heterocycles. The number of sulfonamides is 1. The summed E-state index contributed by atoms with van der Waals surface area (Å²) in [4.78, 5) is 16.4. The summed E-state index contributed by atoms with van der Waals surface area (Å²) in [6.45, 7) is 3.43. The number of hydrogen-bond acceptors (Lipinski definition) is 4. The average molecular weight is 325 g/mol. The van der Waals surface area contributed by atoms with Crippen LogP contribution in [-0.2, 0) is 14.8 Å². The summed E-state index contributed by atoms with van der Waals surface area (Å²) in [5, 5.41) is 0. The molecule has 0 atom stereocenters. The highest BCUT2D eigenvalue weighted by Crippen LogP contribution is 2.07. The Bertz CT molecular complexity index is 589. The van der Waals surface area contributed by atoms with Crippen molar-refractivity contribution < 1.29 is 13.2 Å². The molecule has 7 heteroatoms. The zero-order chi connectivity index (χ0) is 16.0. The molecule has 22 heavy (non-hydrogen) atoms. The number of carbonyl (C=O) groups is 1. The number of benzene rings is 1. The van der Waals surface area contributed by atoms with Crippen molar-refractivity contribution in [3.8, 4) is 0 Å². The van der Waals surface area contributed by atoms with Crippen LogP contribution < -0.4 is 4.72 Å². The van der Waals surface area contributed by atoms with Crippen LogP contribution in [0.5, 0.6) is 0 Å². The van der Waals surface area contributed by atoms with Crippen LogP contribution in [-0.4, -0.2) is 63.9 Å². The Balaban J connectivity index is 1.82. The fourth-order valence-corrected chi connectivity index (χ4v) is 3.48. The van der Waals surface area contributed by atoms with Crippen molar-refractivity contribution in [3.63, 3.8) is 0 Å². The summed E-state index contributed by atoms with van der Waals surface area (Å²) >= 11 is 0. The second-order valence-electron chi connectivity index (χ2n) is 5.50. The van der Waals surface area contributed by atoms with Crippen LogP contribution in [0.25, 0.3) is 0 Å². The van der Waals surface area contributed by atoms with Gasteiger partial charge in [-0.2, -0.15) is 0 Å². The third-order valence-corrected chi connectivity index (χ3v) is 5.23. The van der Waals surface area contributed by atoms with Gasteiger partial charge in [0.25, 0.3) is 0 Å². The van der Waals surface area contributed by atoms with Gasteiger partial charge in [0.1, 0.15) is 0 Å². The molecule has 0 saturated carbocycles. The molecule has 0 aliphatic carbocycles. The largest absolute Gasteiger partial charge is 0.341 e. The molecule has 1 fully saturated rings. The first-order chi connectivity index (χ1) is 10.5. The van der Waals surface area contributed by atoms with E-state index < -0.39 is 10.0 Å². The smallest absolute Gasteiger partial charge is 0.240 e. The van der Waals surface area contributed by atoms with Crippen molar-refractivity contribution in [2.24, 2.45) is 0 Å². The SMILES string of the molecule is CN1CCCN(C(=O)CCNS(=O)(=O)c2ccccc2)CC1. The Morgan fingerprint density at radius 3 is 2.59 bits per heavy atom. The van der Waals surface area contributed by atoms with E-state index in [1.54, 1.807) is 18.2 Å². The number of nitrogens with one attached hydrogen (secondary N) is 1. The molecule has 0 spiro atoms. The quantitative estimate of drug-likeness (QED) is 0.857. The molecule has 1 amide bonds. The third-order valence-electron chi connectivity index (χ3n) is 3.76. The molecule has 1 N–H and O–H groups in total. The molecule has 0 radical (unpaired) electrons. The highest BCUT2D eigenvalue weighted by Gasteiger charge is 2.18. The monoisotopic (exact) mass is 325 g/mol. The first kappa shape index (κ1) is 16.9. The van der Waals surface area contributed by atoms with Crippen molar-refractivity contribution >= 4 is 15.9 Å². The summed E-state index contributed by atoms with van der Waals surface area (Å²) in [5.41, 5.74) is 0. The van der Waals surface area contributed by atoms with E-state index in [1.807, 2.05) is 11.9 Å². The number of rotatable bonds is 5. The van der Waals surface area contributed by atoms with Gasteiger partial charge in [-0.1, -0.05) is 18.2 Å². The van der Waals surface area contributed by atoms with E-state index in [1.165, 1.54) is 12.1 Å². The lowest BCUT2D eigenvalue weighted by molar-refractivity contribution is -0.130. The molecular weight excluding hydrogens is 302 g/mol. The second kappa shape index (κ2) is 7.71. The van der Waals surface area contributed by atoms with E-state index in [2.05, 4.69) is 9.62 Å². The minimum atomic E-state index is -3.53. The molecule has 1 heterocycles.